The quantitative estimate of drug-likeness (QED) is 0.308. The molecule has 2 atom stereocenters. The number of hydrogen-bond donors (Lipinski definition) is 3. The average molecular weight is 608 g/mol. The Bertz CT molecular complexity index is 1350. The van der Waals surface area contributed by atoms with E-state index in [2.05, 4.69) is 15.7 Å². The summed E-state index contributed by atoms with van der Waals surface area (Å²) in [5, 5.41) is 10.7. The van der Waals surface area contributed by atoms with Crippen molar-refractivity contribution in [2.45, 2.75) is 83.6 Å². The molecule has 0 aliphatic heterocycles. The minimum atomic E-state index is -0.723. The number of nitrogens with two attached hydrogens (primary N) is 1. The summed E-state index contributed by atoms with van der Waals surface area (Å²) in [7, 11) is 0. The fourth-order valence-corrected chi connectivity index (χ4v) is 7.29. The van der Waals surface area contributed by atoms with Gasteiger partial charge in [-0.3, -0.25) is 9.59 Å². The Balaban J connectivity index is 1.23. The standard InChI is InChI=1S/C33H45N5O6/c1-21(2)18-43-30-26(29(40)36-28-24-12-23-13-25(28)16-33(14-23,15-24)44-31(34)41)17-35-38(30)11-10-32(3,4)37-27(39)20-42-19-22-8-6-5-7-9-22/h5-11,17,21,23-25,28H,12-16,18-20H2,1-4H3,(H2,34,41)(H,36,40)(H,37,39). The molecule has 0 saturated heterocycles. The molecule has 44 heavy (non-hydrogen) atoms. The van der Waals surface area contributed by atoms with Crippen LogP contribution in [0.1, 0.15) is 75.7 Å². The number of nitrogens with one attached hydrogen (secondary N) is 2. The van der Waals surface area contributed by atoms with Crippen molar-refractivity contribution < 1.29 is 28.6 Å². The SMILES string of the molecule is CC(C)COc1c(C(=O)NC2C3CC4CC2CC(OC(N)=O)(C4)C3)cnn1C=CC(C)(C)NC(=O)COCc1ccccc1. The number of ether oxygens (including phenoxy) is 3. The molecule has 4 saturated carbocycles. The van der Waals surface area contributed by atoms with Crippen LogP contribution in [-0.2, 0) is 20.9 Å². The third kappa shape index (κ3) is 7.61. The van der Waals surface area contributed by atoms with Gasteiger partial charge < -0.3 is 30.6 Å². The van der Waals surface area contributed by atoms with Gasteiger partial charge in [0.1, 0.15) is 17.8 Å². The van der Waals surface area contributed by atoms with Gasteiger partial charge in [-0.2, -0.15) is 5.10 Å². The monoisotopic (exact) mass is 607 g/mol. The second-order valence-electron chi connectivity index (χ2n) is 13.7. The van der Waals surface area contributed by atoms with Gasteiger partial charge in [-0.25, -0.2) is 9.48 Å². The molecule has 4 bridgehead atoms. The Morgan fingerprint density at radius 2 is 1.84 bits per heavy atom. The molecular formula is C33H45N5O6. The van der Waals surface area contributed by atoms with Crippen LogP contribution < -0.4 is 21.1 Å². The Morgan fingerprint density at radius 1 is 1.14 bits per heavy atom. The van der Waals surface area contributed by atoms with Crippen LogP contribution in [0.25, 0.3) is 6.20 Å². The fourth-order valence-electron chi connectivity index (χ4n) is 7.29. The summed E-state index contributed by atoms with van der Waals surface area (Å²) < 4.78 is 18.8. The summed E-state index contributed by atoms with van der Waals surface area (Å²) in [5.74, 6) is 1.02. The number of benzene rings is 1. The summed E-state index contributed by atoms with van der Waals surface area (Å²) in [6, 6.07) is 9.67. The second kappa shape index (κ2) is 13.0. The number of nitrogens with zero attached hydrogens (tertiary/aromatic N) is 2. The van der Waals surface area contributed by atoms with Gasteiger partial charge in [0.2, 0.25) is 11.8 Å². The Labute approximate surface area is 258 Å². The topological polar surface area (TPSA) is 147 Å². The molecule has 2 aromatic rings. The highest BCUT2D eigenvalue weighted by Crippen LogP contribution is 2.57. The van der Waals surface area contributed by atoms with Crippen LogP contribution in [0.3, 0.4) is 0 Å². The summed E-state index contributed by atoms with van der Waals surface area (Å²) in [5.41, 5.74) is 5.53. The van der Waals surface area contributed by atoms with Crippen molar-refractivity contribution in [1.29, 1.82) is 0 Å². The first-order valence-corrected chi connectivity index (χ1v) is 15.5. The first kappa shape index (κ1) is 31.6. The lowest BCUT2D eigenvalue weighted by Gasteiger charge is -2.58. The van der Waals surface area contributed by atoms with E-state index in [1.54, 1.807) is 12.3 Å². The zero-order valence-electron chi connectivity index (χ0n) is 26.1. The molecule has 4 aliphatic carbocycles. The molecule has 2 unspecified atom stereocenters. The highest BCUT2D eigenvalue weighted by atomic mass is 16.6. The van der Waals surface area contributed by atoms with Crippen molar-refractivity contribution in [2.24, 2.45) is 29.4 Å². The van der Waals surface area contributed by atoms with E-state index in [9.17, 15) is 14.4 Å². The lowest BCUT2D eigenvalue weighted by molar-refractivity contribution is -0.137. The zero-order valence-corrected chi connectivity index (χ0v) is 26.1. The second-order valence-corrected chi connectivity index (χ2v) is 13.7. The smallest absolute Gasteiger partial charge is 0.405 e. The molecule has 0 spiro atoms. The van der Waals surface area contributed by atoms with Gasteiger partial charge in [0, 0.05) is 12.2 Å². The minimum Gasteiger partial charge on any atom is -0.477 e. The lowest BCUT2D eigenvalue weighted by atomic mass is 9.52. The molecule has 1 aromatic heterocycles. The van der Waals surface area contributed by atoms with Crippen molar-refractivity contribution in [3.63, 3.8) is 0 Å². The van der Waals surface area contributed by atoms with Crippen LogP contribution in [0, 0.1) is 23.7 Å². The van der Waals surface area contributed by atoms with Gasteiger partial charge >= 0.3 is 6.09 Å². The third-order valence-corrected chi connectivity index (χ3v) is 8.82. The third-order valence-electron chi connectivity index (χ3n) is 8.82. The van der Waals surface area contributed by atoms with E-state index in [0.717, 1.165) is 24.8 Å². The highest BCUT2D eigenvalue weighted by Gasteiger charge is 2.57. The van der Waals surface area contributed by atoms with E-state index in [1.165, 1.54) is 10.9 Å². The number of carbonyl (C=O) groups excluding carboxylic acids is 3. The summed E-state index contributed by atoms with van der Waals surface area (Å²) in [6.07, 6.45) is 8.58. The van der Waals surface area contributed by atoms with E-state index >= 15 is 0 Å². The molecule has 4 aliphatic rings. The largest absolute Gasteiger partial charge is 0.477 e. The normalized spacial score (nSPS) is 25.8. The van der Waals surface area contributed by atoms with E-state index in [4.69, 9.17) is 19.9 Å². The number of amides is 3. The molecule has 0 radical (unpaired) electrons. The number of carbonyl (C=O) groups is 3. The highest BCUT2D eigenvalue weighted by molar-refractivity contribution is 5.96. The number of primary amides is 1. The van der Waals surface area contributed by atoms with Gasteiger partial charge in [0.15, 0.2) is 0 Å². The predicted molar refractivity (Wildman–Crippen MR) is 164 cm³/mol. The molecule has 4 N–H and O–H groups in total. The molecule has 238 valence electrons. The average Bonchev–Trinajstić information content (AvgIpc) is 3.35. The van der Waals surface area contributed by atoms with Crippen LogP contribution in [0.15, 0.2) is 42.6 Å². The van der Waals surface area contributed by atoms with E-state index < -0.39 is 17.2 Å². The van der Waals surface area contributed by atoms with Crippen molar-refractivity contribution >= 4 is 24.1 Å². The fraction of sp³-hybridized carbons (Fsp3) is 0.576. The van der Waals surface area contributed by atoms with E-state index in [1.807, 2.05) is 58.0 Å². The van der Waals surface area contributed by atoms with Crippen LogP contribution in [0.2, 0.25) is 0 Å². The lowest BCUT2D eigenvalue weighted by Crippen LogP contribution is -2.63. The number of hydrogen-bond acceptors (Lipinski definition) is 7. The van der Waals surface area contributed by atoms with Crippen molar-refractivity contribution in [1.82, 2.24) is 20.4 Å². The molecular weight excluding hydrogens is 562 g/mol. The van der Waals surface area contributed by atoms with Gasteiger partial charge in [0.25, 0.3) is 5.91 Å². The van der Waals surface area contributed by atoms with Crippen LogP contribution in [0.5, 0.6) is 5.88 Å². The maximum Gasteiger partial charge on any atom is 0.405 e. The predicted octanol–water partition coefficient (Wildman–Crippen LogP) is 4.27. The maximum absolute atomic E-state index is 13.7. The van der Waals surface area contributed by atoms with Gasteiger partial charge in [0.05, 0.1) is 24.9 Å². The molecule has 6 rings (SSSR count). The maximum atomic E-state index is 13.7. The van der Waals surface area contributed by atoms with Gasteiger partial charge in [-0.15, -0.1) is 0 Å². The van der Waals surface area contributed by atoms with Crippen LogP contribution in [0.4, 0.5) is 4.79 Å². The molecule has 3 amide bonds. The molecule has 1 heterocycles. The summed E-state index contributed by atoms with van der Waals surface area (Å²) >= 11 is 0. The van der Waals surface area contributed by atoms with Crippen molar-refractivity contribution in [2.75, 3.05) is 13.2 Å². The number of rotatable bonds is 13. The number of aromatic nitrogens is 2. The Morgan fingerprint density at radius 3 is 2.50 bits per heavy atom. The van der Waals surface area contributed by atoms with E-state index in [0.29, 0.717) is 43.4 Å². The van der Waals surface area contributed by atoms with Gasteiger partial charge in [-0.05, 0) is 81.3 Å². The summed E-state index contributed by atoms with van der Waals surface area (Å²) in [4.78, 5) is 37.9. The zero-order chi connectivity index (χ0) is 31.5. The van der Waals surface area contributed by atoms with E-state index in [-0.39, 0.29) is 42.2 Å². The Kier molecular flexibility index (Phi) is 9.34. The minimum absolute atomic E-state index is 0.0150. The molecule has 11 nitrogen and oxygen atoms in total. The first-order valence-electron chi connectivity index (χ1n) is 15.5. The molecule has 11 heteroatoms. The van der Waals surface area contributed by atoms with Gasteiger partial charge in [-0.1, -0.05) is 44.2 Å². The summed E-state index contributed by atoms with van der Waals surface area (Å²) in [6.45, 7) is 8.49. The van der Waals surface area contributed by atoms with Crippen LogP contribution in [-0.4, -0.2) is 58.1 Å². The van der Waals surface area contributed by atoms with Crippen molar-refractivity contribution in [3.05, 3.63) is 53.7 Å². The van der Waals surface area contributed by atoms with Crippen molar-refractivity contribution in [3.8, 4) is 5.88 Å². The Hall–Kier alpha value is -3.86. The molecule has 4 fully saturated rings. The molecule has 1 aromatic carbocycles. The van der Waals surface area contributed by atoms with Crippen LogP contribution >= 0.6 is 0 Å². The first-order chi connectivity index (χ1) is 20.9.